The maximum atomic E-state index is 13.3. The Morgan fingerprint density at radius 2 is 2.27 bits per heavy atom. The van der Waals surface area contributed by atoms with Crippen LogP contribution in [0.5, 0.6) is 0 Å². The average Bonchev–Trinajstić information content (AvgIpc) is 1.85. The number of rotatable bonds is 2. The molecule has 0 amide bonds. The molecule has 1 aliphatic carbocycles. The van der Waals surface area contributed by atoms with Crippen LogP contribution in [0.15, 0.2) is 0 Å². The Morgan fingerprint density at radius 3 is 2.73 bits per heavy atom. The summed E-state index contributed by atoms with van der Waals surface area (Å²) >= 11 is 0. The molecule has 0 aromatic heterocycles. The van der Waals surface area contributed by atoms with Crippen LogP contribution in [0.4, 0.5) is 4.39 Å². The molecule has 0 spiro atoms. The van der Waals surface area contributed by atoms with Crippen molar-refractivity contribution in [3.8, 4) is 11.8 Å². The highest BCUT2D eigenvalue weighted by Gasteiger charge is 2.41. The molecule has 0 bridgehead atoms. The van der Waals surface area contributed by atoms with Crippen LogP contribution in [0, 0.1) is 11.8 Å². The molecular formula is C9H14FN. The minimum absolute atomic E-state index is 0.0922. The first-order chi connectivity index (χ1) is 5.16. The van der Waals surface area contributed by atoms with Crippen molar-refractivity contribution in [3.63, 3.8) is 0 Å². The van der Waals surface area contributed by atoms with Crippen LogP contribution in [0.2, 0.25) is 0 Å². The molecule has 2 N–H and O–H groups in total. The number of hydrogen-bond acceptors (Lipinski definition) is 1. The van der Waals surface area contributed by atoms with Gasteiger partial charge in [-0.05, 0) is 26.2 Å². The van der Waals surface area contributed by atoms with Crippen molar-refractivity contribution >= 4 is 0 Å². The van der Waals surface area contributed by atoms with E-state index in [9.17, 15) is 4.39 Å². The predicted octanol–water partition coefficient (Wildman–Crippen LogP) is 1.62. The molecule has 0 atom stereocenters. The van der Waals surface area contributed by atoms with Crippen molar-refractivity contribution in [3.05, 3.63) is 0 Å². The van der Waals surface area contributed by atoms with E-state index in [2.05, 4.69) is 11.8 Å². The zero-order chi connectivity index (χ0) is 8.32. The fraction of sp³-hybridized carbons (Fsp3) is 0.778. The van der Waals surface area contributed by atoms with Crippen LogP contribution in [-0.2, 0) is 0 Å². The number of nitrogens with two attached hydrogens (primary N) is 1. The summed E-state index contributed by atoms with van der Waals surface area (Å²) in [4.78, 5) is 0. The molecule has 0 heterocycles. The molecule has 11 heavy (non-hydrogen) atoms. The van der Waals surface area contributed by atoms with Gasteiger partial charge < -0.3 is 5.73 Å². The molecule has 0 aromatic carbocycles. The van der Waals surface area contributed by atoms with Gasteiger partial charge in [0.15, 0.2) is 0 Å². The molecule has 1 saturated carbocycles. The first-order valence-electron chi connectivity index (χ1n) is 4.00. The minimum atomic E-state index is -0.983. The normalized spacial score (nSPS) is 35.4. The second-order valence-corrected chi connectivity index (χ2v) is 3.25. The van der Waals surface area contributed by atoms with Gasteiger partial charge in [-0.3, -0.25) is 0 Å². The number of halogens is 1. The fourth-order valence-corrected chi connectivity index (χ4v) is 1.50. The lowest BCUT2D eigenvalue weighted by molar-refractivity contribution is 0.0366. The smallest absolute Gasteiger partial charge is 0.115 e. The third-order valence-corrected chi connectivity index (χ3v) is 2.13. The maximum absolute atomic E-state index is 13.3. The van der Waals surface area contributed by atoms with Gasteiger partial charge in [-0.15, -0.1) is 11.8 Å². The summed E-state index contributed by atoms with van der Waals surface area (Å²) in [5.74, 6) is 5.61. The molecule has 0 aliphatic heterocycles. The number of alkyl halides is 1. The van der Waals surface area contributed by atoms with Crippen molar-refractivity contribution in [2.45, 2.75) is 44.3 Å². The van der Waals surface area contributed by atoms with Gasteiger partial charge in [-0.2, -0.15) is 0 Å². The van der Waals surface area contributed by atoms with Crippen molar-refractivity contribution in [2.75, 3.05) is 0 Å². The van der Waals surface area contributed by atoms with Gasteiger partial charge in [-0.1, -0.05) is 0 Å². The summed E-state index contributed by atoms with van der Waals surface area (Å²) in [7, 11) is 0. The fourth-order valence-electron chi connectivity index (χ4n) is 1.50. The molecule has 0 unspecified atom stereocenters. The van der Waals surface area contributed by atoms with Gasteiger partial charge in [-0.25, -0.2) is 4.39 Å². The Bertz CT molecular complexity index is 183. The van der Waals surface area contributed by atoms with Crippen LogP contribution in [0.3, 0.4) is 0 Å². The van der Waals surface area contributed by atoms with Crippen LogP contribution in [-0.4, -0.2) is 11.7 Å². The Balaban J connectivity index is 2.20. The standard InChI is InChI=1S/C9H14FN/c1-2-3-4-5-9(10)6-8(11)7-9/h8H,4-7,11H2,1H3. The topological polar surface area (TPSA) is 26.0 Å². The van der Waals surface area contributed by atoms with Gasteiger partial charge in [0.2, 0.25) is 0 Å². The summed E-state index contributed by atoms with van der Waals surface area (Å²) in [5.41, 5.74) is 4.50. The lowest BCUT2D eigenvalue weighted by Crippen LogP contribution is -2.48. The van der Waals surface area contributed by atoms with Gasteiger partial charge >= 0.3 is 0 Å². The van der Waals surface area contributed by atoms with Crippen molar-refractivity contribution in [1.29, 1.82) is 0 Å². The molecule has 0 radical (unpaired) electrons. The Labute approximate surface area is 67.2 Å². The SMILES string of the molecule is CC#CCCC1(F)CC(N)C1. The summed E-state index contributed by atoms with van der Waals surface area (Å²) in [6, 6.07) is 0.0922. The molecule has 0 aromatic rings. The van der Waals surface area contributed by atoms with Crippen LogP contribution >= 0.6 is 0 Å². The highest BCUT2D eigenvalue weighted by atomic mass is 19.1. The monoisotopic (exact) mass is 155 g/mol. The van der Waals surface area contributed by atoms with E-state index in [1.807, 2.05) is 0 Å². The maximum Gasteiger partial charge on any atom is 0.115 e. The summed E-state index contributed by atoms with van der Waals surface area (Å²) < 4.78 is 13.3. The predicted molar refractivity (Wildman–Crippen MR) is 43.7 cm³/mol. The third kappa shape index (κ3) is 2.20. The molecule has 1 fully saturated rings. The second-order valence-electron chi connectivity index (χ2n) is 3.25. The Morgan fingerprint density at radius 1 is 1.64 bits per heavy atom. The lowest BCUT2D eigenvalue weighted by Gasteiger charge is -2.38. The van der Waals surface area contributed by atoms with Crippen molar-refractivity contribution < 1.29 is 4.39 Å². The van der Waals surface area contributed by atoms with E-state index in [1.165, 1.54) is 0 Å². The highest BCUT2D eigenvalue weighted by molar-refractivity contribution is 5.02. The van der Waals surface area contributed by atoms with E-state index >= 15 is 0 Å². The Kier molecular flexibility index (Phi) is 2.51. The second kappa shape index (κ2) is 3.23. The van der Waals surface area contributed by atoms with E-state index < -0.39 is 5.67 Å². The van der Waals surface area contributed by atoms with Gasteiger partial charge in [0.25, 0.3) is 0 Å². The van der Waals surface area contributed by atoms with E-state index in [1.54, 1.807) is 6.92 Å². The first kappa shape index (κ1) is 8.55. The lowest BCUT2D eigenvalue weighted by atomic mass is 9.75. The zero-order valence-corrected chi connectivity index (χ0v) is 6.86. The van der Waals surface area contributed by atoms with Gasteiger partial charge in [0.05, 0.1) is 0 Å². The summed E-state index contributed by atoms with van der Waals surface area (Å²) in [6.07, 6.45) is 2.28. The summed E-state index contributed by atoms with van der Waals surface area (Å²) in [5, 5.41) is 0. The largest absolute Gasteiger partial charge is 0.327 e. The van der Waals surface area contributed by atoms with Crippen LogP contribution < -0.4 is 5.73 Å². The van der Waals surface area contributed by atoms with Crippen LogP contribution in [0.25, 0.3) is 0 Å². The molecular weight excluding hydrogens is 141 g/mol. The molecule has 1 rings (SSSR count). The van der Waals surface area contributed by atoms with E-state index in [-0.39, 0.29) is 6.04 Å². The molecule has 2 heteroatoms. The Hall–Kier alpha value is -0.550. The van der Waals surface area contributed by atoms with E-state index in [0.29, 0.717) is 25.7 Å². The minimum Gasteiger partial charge on any atom is -0.327 e. The zero-order valence-electron chi connectivity index (χ0n) is 6.86. The molecule has 0 saturated heterocycles. The number of hydrogen-bond donors (Lipinski definition) is 1. The molecule has 1 aliphatic rings. The van der Waals surface area contributed by atoms with Crippen LogP contribution in [0.1, 0.15) is 32.6 Å². The van der Waals surface area contributed by atoms with E-state index in [0.717, 1.165) is 0 Å². The summed E-state index contributed by atoms with van der Waals surface area (Å²) in [6.45, 7) is 1.78. The highest BCUT2D eigenvalue weighted by Crippen LogP contribution is 2.38. The third-order valence-electron chi connectivity index (χ3n) is 2.13. The van der Waals surface area contributed by atoms with E-state index in [4.69, 9.17) is 5.73 Å². The quantitative estimate of drug-likeness (QED) is 0.602. The van der Waals surface area contributed by atoms with Gasteiger partial charge in [0.1, 0.15) is 5.67 Å². The average molecular weight is 155 g/mol. The van der Waals surface area contributed by atoms with Gasteiger partial charge in [0, 0.05) is 12.5 Å². The van der Waals surface area contributed by atoms with Crippen molar-refractivity contribution in [2.24, 2.45) is 5.73 Å². The van der Waals surface area contributed by atoms with Crippen molar-refractivity contribution in [1.82, 2.24) is 0 Å². The molecule has 62 valence electrons. The molecule has 1 nitrogen and oxygen atoms in total. The first-order valence-corrected chi connectivity index (χ1v) is 4.00.